The molecule has 200 valence electrons. The maximum Gasteiger partial charge on any atom is 0.404 e. The number of nitrogens with zero attached hydrogens (tertiary/aromatic N) is 5. The predicted octanol–water partition coefficient (Wildman–Crippen LogP) is 5.94. The Balaban J connectivity index is 0.000000567. The third kappa shape index (κ3) is 5.42. The van der Waals surface area contributed by atoms with Crippen LogP contribution in [0.2, 0.25) is 0 Å². The molecule has 1 saturated carbocycles. The first kappa shape index (κ1) is 25.8. The van der Waals surface area contributed by atoms with E-state index in [0.29, 0.717) is 39.3 Å². The van der Waals surface area contributed by atoms with Crippen molar-refractivity contribution in [3.05, 3.63) is 66.7 Å². The van der Waals surface area contributed by atoms with Gasteiger partial charge in [-0.3, -0.25) is 0 Å². The van der Waals surface area contributed by atoms with Gasteiger partial charge in [0, 0.05) is 24.1 Å². The maximum absolute atomic E-state index is 15.9. The monoisotopic (exact) mass is 529 g/mol. The van der Waals surface area contributed by atoms with Crippen molar-refractivity contribution < 1.29 is 19.0 Å². The van der Waals surface area contributed by atoms with Crippen LogP contribution in [-0.2, 0) is 0 Å². The first-order valence-electron chi connectivity index (χ1n) is 12.7. The zero-order valence-electron chi connectivity index (χ0n) is 21.3. The number of hydrogen-bond donors (Lipinski definition) is 3. The summed E-state index contributed by atoms with van der Waals surface area (Å²) < 4.78 is 23.7. The summed E-state index contributed by atoms with van der Waals surface area (Å²) in [5.41, 5.74) is 7.86. The van der Waals surface area contributed by atoms with Gasteiger partial charge in [0.15, 0.2) is 11.5 Å². The molecule has 39 heavy (non-hydrogen) atoms. The second-order valence-electron chi connectivity index (χ2n) is 9.16. The molecule has 10 nitrogen and oxygen atoms in total. The van der Waals surface area contributed by atoms with Crippen LogP contribution in [0.1, 0.15) is 38.1 Å². The van der Waals surface area contributed by atoms with Gasteiger partial charge in [-0.05, 0) is 37.1 Å². The molecular weight excluding hydrogens is 501 g/mol. The minimum absolute atomic E-state index is 0.210. The Hall–Kier alpha value is -4.80. The molecule has 0 spiro atoms. The van der Waals surface area contributed by atoms with Crippen LogP contribution >= 0.6 is 0 Å². The Morgan fingerprint density at radius 3 is 2.51 bits per heavy atom. The summed E-state index contributed by atoms with van der Waals surface area (Å²) in [5.74, 6) is 0.758. The van der Waals surface area contributed by atoms with Crippen molar-refractivity contribution in [1.82, 2.24) is 30.0 Å². The van der Waals surface area contributed by atoms with Gasteiger partial charge in [0.05, 0.1) is 11.4 Å². The van der Waals surface area contributed by atoms with Gasteiger partial charge >= 0.3 is 6.09 Å². The number of rotatable bonds is 4. The van der Waals surface area contributed by atoms with Gasteiger partial charge in [0.1, 0.15) is 29.1 Å². The lowest BCUT2D eigenvalue weighted by molar-refractivity contribution is 0.197. The van der Waals surface area contributed by atoms with Crippen molar-refractivity contribution in [2.24, 2.45) is 0 Å². The van der Waals surface area contributed by atoms with Crippen LogP contribution in [0.15, 0.2) is 60.9 Å². The van der Waals surface area contributed by atoms with Crippen molar-refractivity contribution >= 4 is 33.8 Å². The van der Waals surface area contributed by atoms with E-state index in [2.05, 4.69) is 15.0 Å². The van der Waals surface area contributed by atoms with E-state index >= 15 is 4.39 Å². The van der Waals surface area contributed by atoms with Gasteiger partial charge in [0.2, 0.25) is 5.88 Å². The summed E-state index contributed by atoms with van der Waals surface area (Å²) in [4.78, 5) is 22.3. The van der Waals surface area contributed by atoms with E-state index in [1.54, 1.807) is 18.2 Å². The van der Waals surface area contributed by atoms with Crippen molar-refractivity contribution in [3.63, 3.8) is 0 Å². The molecule has 1 aliphatic carbocycles. The highest BCUT2D eigenvalue weighted by Crippen LogP contribution is 2.38. The summed E-state index contributed by atoms with van der Waals surface area (Å²) in [7, 11) is 1.35. The Labute approximate surface area is 223 Å². The van der Waals surface area contributed by atoms with E-state index in [1.165, 1.54) is 19.8 Å². The topological polar surface area (TPSA) is 141 Å². The van der Waals surface area contributed by atoms with Crippen molar-refractivity contribution in [3.8, 4) is 22.9 Å². The normalized spacial score (nSPS) is 13.6. The fourth-order valence-electron chi connectivity index (χ4n) is 4.75. The van der Waals surface area contributed by atoms with Gasteiger partial charge in [0.25, 0.3) is 0 Å². The number of para-hydroxylation sites is 1. The predicted molar refractivity (Wildman–Crippen MR) is 146 cm³/mol. The summed E-state index contributed by atoms with van der Waals surface area (Å²) >= 11 is 0. The number of nitrogen functional groups attached to an aromatic ring is 1. The molecule has 1 fully saturated rings. The van der Waals surface area contributed by atoms with Gasteiger partial charge in [-0.2, -0.15) is 5.10 Å². The number of pyridine rings is 1. The average Bonchev–Trinajstić information content (AvgIpc) is 3.36. The van der Waals surface area contributed by atoms with Crippen LogP contribution in [0, 0.1) is 5.82 Å². The van der Waals surface area contributed by atoms with Gasteiger partial charge in [-0.15, -0.1) is 0 Å². The number of halogens is 1. The number of anilines is 1. The molecule has 0 bridgehead atoms. The molecule has 2 aromatic carbocycles. The van der Waals surface area contributed by atoms with Crippen molar-refractivity contribution in [2.75, 3.05) is 12.8 Å². The molecule has 3 heterocycles. The Morgan fingerprint density at radius 1 is 1.08 bits per heavy atom. The lowest BCUT2D eigenvalue weighted by Gasteiger charge is -2.22. The number of aromatic nitrogens is 5. The van der Waals surface area contributed by atoms with Crippen LogP contribution < -0.4 is 15.8 Å². The Morgan fingerprint density at radius 2 is 1.79 bits per heavy atom. The zero-order valence-corrected chi connectivity index (χ0v) is 21.3. The summed E-state index contributed by atoms with van der Waals surface area (Å²) in [5, 5.41) is 15.6. The average molecular weight is 530 g/mol. The van der Waals surface area contributed by atoms with E-state index in [-0.39, 0.29) is 17.4 Å². The SMILES string of the molecule is CNC(=O)O.Nc1ncnc2c1c(-c1ccc3ccc(Oc4ccccc4)nc3c1F)nn2C1CCCCC1. The minimum Gasteiger partial charge on any atom is -0.465 e. The first-order chi connectivity index (χ1) is 19.0. The highest BCUT2D eigenvalue weighted by atomic mass is 19.1. The lowest BCUT2D eigenvalue weighted by Crippen LogP contribution is -2.14. The smallest absolute Gasteiger partial charge is 0.404 e. The summed E-state index contributed by atoms with van der Waals surface area (Å²) in [6.45, 7) is 0. The first-order valence-corrected chi connectivity index (χ1v) is 12.7. The fourth-order valence-corrected chi connectivity index (χ4v) is 4.75. The molecule has 6 rings (SSSR count). The number of fused-ring (bicyclic) bond motifs is 2. The molecule has 4 N–H and O–H groups in total. The van der Waals surface area contributed by atoms with E-state index in [4.69, 9.17) is 20.7 Å². The zero-order chi connectivity index (χ0) is 27.4. The molecule has 0 saturated heterocycles. The van der Waals surface area contributed by atoms with Crippen LogP contribution in [0.5, 0.6) is 11.6 Å². The Kier molecular flexibility index (Phi) is 7.48. The van der Waals surface area contributed by atoms with Crippen LogP contribution in [0.25, 0.3) is 33.2 Å². The lowest BCUT2D eigenvalue weighted by atomic mass is 9.96. The van der Waals surface area contributed by atoms with Crippen LogP contribution in [0.3, 0.4) is 0 Å². The number of carbonyl (C=O) groups is 1. The molecule has 0 radical (unpaired) electrons. The van der Waals surface area contributed by atoms with Crippen LogP contribution in [0.4, 0.5) is 15.0 Å². The van der Waals surface area contributed by atoms with E-state index < -0.39 is 11.9 Å². The third-order valence-corrected chi connectivity index (χ3v) is 6.65. The summed E-state index contributed by atoms with van der Waals surface area (Å²) in [6.07, 6.45) is 5.97. The van der Waals surface area contributed by atoms with Crippen molar-refractivity contribution in [1.29, 1.82) is 0 Å². The largest absolute Gasteiger partial charge is 0.465 e. The number of ether oxygens (including phenoxy) is 1. The van der Waals surface area contributed by atoms with Gasteiger partial charge in [-0.1, -0.05) is 43.5 Å². The highest BCUT2D eigenvalue weighted by molar-refractivity contribution is 6.00. The molecule has 3 aromatic heterocycles. The van der Waals surface area contributed by atoms with Crippen molar-refractivity contribution in [2.45, 2.75) is 38.1 Å². The molecule has 0 atom stereocenters. The molecule has 1 aliphatic rings. The molecule has 0 aliphatic heterocycles. The molecule has 11 heteroatoms. The van der Waals surface area contributed by atoms with E-state index in [9.17, 15) is 4.79 Å². The molecule has 5 aromatic rings. The molecule has 0 unspecified atom stereocenters. The number of benzene rings is 2. The van der Waals surface area contributed by atoms with Gasteiger partial charge in [-0.25, -0.2) is 28.8 Å². The maximum atomic E-state index is 15.9. The third-order valence-electron chi connectivity index (χ3n) is 6.65. The number of nitrogens with one attached hydrogen (secondary N) is 1. The molecular formula is C28H28FN7O3. The van der Waals surface area contributed by atoms with E-state index in [1.807, 2.05) is 46.4 Å². The van der Waals surface area contributed by atoms with Crippen LogP contribution in [-0.4, -0.2) is 43.0 Å². The number of carboxylic acid groups (broad SMARTS) is 1. The molecule has 1 amide bonds. The quantitative estimate of drug-likeness (QED) is 0.260. The minimum atomic E-state index is -0.995. The number of nitrogens with two attached hydrogens (primary N) is 1. The number of hydrogen-bond acceptors (Lipinski definition) is 7. The second-order valence-corrected chi connectivity index (χ2v) is 9.16. The standard InChI is InChI=1S/C26H23FN6O.C2H5NO2/c27-22-19(13-11-16-12-14-20(31-23(16)22)34-18-9-5-2-6-10-18)24-21-25(28)29-15-30-26(21)33(32-24)17-7-3-1-4-8-17;1-3-2(4)5/h2,5-6,9-15,17H,1,3-4,7-8H2,(H2,28,29,30);3H,1H3,(H,4,5). The summed E-state index contributed by atoms with van der Waals surface area (Å²) in [6, 6.07) is 16.6. The fraction of sp³-hybridized carbons (Fsp3) is 0.250. The second kappa shape index (κ2) is 11.3. The van der Waals surface area contributed by atoms with E-state index in [0.717, 1.165) is 25.7 Å². The Bertz CT molecular complexity index is 1620. The highest BCUT2D eigenvalue weighted by Gasteiger charge is 2.25. The number of amides is 1. The van der Waals surface area contributed by atoms with Gasteiger partial charge < -0.3 is 20.9 Å².